The van der Waals surface area contributed by atoms with Gasteiger partial charge in [-0.2, -0.15) is 0 Å². The molecule has 1 aromatic carbocycles. The van der Waals surface area contributed by atoms with E-state index in [4.69, 9.17) is 4.74 Å². The van der Waals surface area contributed by atoms with Gasteiger partial charge in [0, 0.05) is 32.3 Å². The van der Waals surface area contributed by atoms with E-state index in [1.54, 1.807) is 7.05 Å². The van der Waals surface area contributed by atoms with Gasteiger partial charge in [0.05, 0.1) is 6.61 Å². The molecule has 0 saturated heterocycles. The summed E-state index contributed by atoms with van der Waals surface area (Å²) in [5.74, 6) is -0.460. The lowest BCUT2D eigenvalue weighted by molar-refractivity contribution is 0.152. The minimum absolute atomic E-state index is 0. The molecule has 0 amide bonds. The van der Waals surface area contributed by atoms with Crippen molar-refractivity contribution in [2.75, 3.05) is 33.4 Å². The number of hydrogen-bond donors (Lipinski definition) is 2. The van der Waals surface area contributed by atoms with E-state index in [0.29, 0.717) is 32.3 Å². The number of halogens is 3. The minimum atomic E-state index is -0.522. The standard InChI is InChI=1S/C14H21F2N3O.HI/c1-3-20-10-9-19-14(17-2)18-8-7-11-12(15)5-4-6-13(11)16;/h4-6H,3,7-10H2,1-2H3,(H2,17,18,19);1H. The van der Waals surface area contributed by atoms with E-state index < -0.39 is 11.6 Å². The summed E-state index contributed by atoms with van der Waals surface area (Å²) in [6, 6.07) is 3.87. The average molecular weight is 413 g/mol. The average Bonchev–Trinajstić information content (AvgIpc) is 2.44. The van der Waals surface area contributed by atoms with E-state index in [9.17, 15) is 8.78 Å². The molecule has 21 heavy (non-hydrogen) atoms. The number of hydrogen-bond acceptors (Lipinski definition) is 2. The third-order valence-corrected chi connectivity index (χ3v) is 2.70. The van der Waals surface area contributed by atoms with Crippen LogP contribution in [0.1, 0.15) is 12.5 Å². The molecular formula is C14H22F2IN3O. The second-order valence-corrected chi connectivity index (χ2v) is 4.07. The highest BCUT2D eigenvalue weighted by atomic mass is 127. The third-order valence-electron chi connectivity index (χ3n) is 2.70. The van der Waals surface area contributed by atoms with Crippen molar-refractivity contribution in [2.45, 2.75) is 13.3 Å². The number of nitrogens with one attached hydrogen (secondary N) is 2. The summed E-state index contributed by atoms with van der Waals surface area (Å²) >= 11 is 0. The molecule has 0 heterocycles. The highest BCUT2D eigenvalue weighted by molar-refractivity contribution is 14.0. The van der Waals surface area contributed by atoms with Crippen molar-refractivity contribution in [1.82, 2.24) is 10.6 Å². The summed E-state index contributed by atoms with van der Waals surface area (Å²) in [4.78, 5) is 4.01. The Morgan fingerprint density at radius 1 is 1.19 bits per heavy atom. The predicted octanol–water partition coefficient (Wildman–Crippen LogP) is 2.33. The van der Waals surface area contributed by atoms with Gasteiger partial charge < -0.3 is 15.4 Å². The first-order chi connectivity index (χ1) is 9.69. The molecule has 0 bridgehead atoms. The molecule has 0 aliphatic heterocycles. The summed E-state index contributed by atoms with van der Waals surface area (Å²) < 4.78 is 32.0. The Labute approximate surface area is 141 Å². The lowest BCUT2D eigenvalue weighted by atomic mass is 10.1. The minimum Gasteiger partial charge on any atom is -0.380 e. The Morgan fingerprint density at radius 2 is 1.81 bits per heavy atom. The van der Waals surface area contributed by atoms with Crippen LogP contribution in [0, 0.1) is 11.6 Å². The molecule has 0 aliphatic carbocycles. The number of nitrogens with zero attached hydrogens (tertiary/aromatic N) is 1. The highest BCUT2D eigenvalue weighted by Crippen LogP contribution is 2.11. The first-order valence-electron chi connectivity index (χ1n) is 6.64. The molecule has 0 aromatic heterocycles. The number of guanidine groups is 1. The van der Waals surface area contributed by atoms with Gasteiger partial charge in [-0.3, -0.25) is 4.99 Å². The second-order valence-electron chi connectivity index (χ2n) is 4.07. The fourth-order valence-corrected chi connectivity index (χ4v) is 1.68. The van der Waals surface area contributed by atoms with E-state index >= 15 is 0 Å². The van der Waals surface area contributed by atoms with Gasteiger partial charge >= 0.3 is 0 Å². The van der Waals surface area contributed by atoms with Gasteiger partial charge in [-0.1, -0.05) is 6.07 Å². The van der Waals surface area contributed by atoms with E-state index in [1.165, 1.54) is 18.2 Å². The lowest BCUT2D eigenvalue weighted by Crippen LogP contribution is -2.39. The van der Waals surface area contributed by atoms with Crippen molar-refractivity contribution >= 4 is 29.9 Å². The molecule has 2 N–H and O–H groups in total. The topological polar surface area (TPSA) is 45.6 Å². The van der Waals surface area contributed by atoms with Crippen LogP contribution in [0.3, 0.4) is 0 Å². The summed E-state index contributed by atoms with van der Waals surface area (Å²) in [5, 5.41) is 6.05. The molecule has 0 saturated carbocycles. The highest BCUT2D eigenvalue weighted by Gasteiger charge is 2.07. The van der Waals surface area contributed by atoms with Crippen LogP contribution in [0.4, 0.5) is 8.78 Å². The molecular weight excluding hydrogens is 391 g/mol. The SMILES string of the molecule is CCOCCNC(=NC)NCCc1c(F)cccc1F.I. The fraction of sp³-hybridized carbons (Fsp3) is 0.500. The van der Waals surface area contributed by atoms with Gasteiger partial charge in [0.2, 0.25) is 0 Å². The number of ether oxygens (including phenoxy) is 1. The van der Waals surface area contributed by atoms with Crippen molar-refractivity contribution in [1.29, 1.82) is 0 Å². The third kappa shape index (κ3) is 7.56. The van der Waals surface area contributed by atoms with Gasteiger partial charge in [0.15, 0.2) is 5.96 Å². The van der Waals surface area contributed by atoms with Crippen LogP contribution in [-0.4, -0.2) is 39.3 Å². The summed E-state index contributed by atoms with van der Waals surface area (Å²) in [5.41, 5.74) is 0.0877. The number of aliphatic imine (C=N–C) groups is 1. The molecule has 1 rings (SSSR count). The largest absolute Gasteiger partial charge is 0.380 e. The first-order valence-corrected chi connectivity index (χ1v) is 6.64. The van der Waals surface area contributed by atoms with Crippen molar-refractivity contribution in [3.05, 3.63) is 35.4 Å². The van der Waals surface area contributed by atoms with Crippen LogP contribution in [-0.2, 0) is 11.2 Å². The van der Waals surface area contributed by atoms with Crippen molar-refractivity contribution in [3.63, 3.8) is 0 Å². The summed E-state index contributed by atoms with van der Waals surface area (Å²) in [7, 11) is 1.64. The Morgan fingerprint density at radius 3 is 2.38 bits per heavy atom. The van der Waals surface area contributed by atoms with Crippen LogP contribution in [0.2, 0.25) is 0 Å². The zero-order valence-electron chi connectivity index (χ0n) is 12.3. The van der Waals surface area contributed by atoms with Gasteiger partial charge in [-0.15, -0.1) is 24.0 Å². The van der Waals surface area contributed by atoms with Gasteiger partial charge in [0.1, 0.15) is 11.6 Å². The van der Waals surface area contributed by atoms with Crippen LogP contribution in [0.15, 0.2) is 23.2 Å². The molecule has 4 nitrogen and oxygen atoms in total. The van der Waals surface area contributed by atoms with Crippen LogP contribution >= 0.6 is 24.0 Å². The fourth-order valence-electron chi connectivity index (χ4n) is 1.68. The molecule has 0 aliphatic rings. The molecule has 0 radical (unpaired) electrons. The Balaban J connectivity index is 0.00000400. The Kier molecular flexibility index (Phi) is 11.1. The van der Waals surface area contributed by atoms with E-state index in [-0.39, 0.29) is 36.0 Å². The number of rotatable bonds is 7. The molecule has 0 atom stereocenters. The summed E-state index contributed by atoms with van der Waals surface area (Å²) in [6.07, 6.45) is 0.255. The monoisotopic (exact) mass is 413 g/mol. The second kappa shape index (κ2) is 11.7. The van der Waals surface area contributed by atoms with Crippen molar-refractivity contribution in [3.8, 4) is 0 Å². The molecule has 0 unspecified atom stereocenters. The Bertz CT molecular complexity index is 424. The van der Waals surface area contributed by atoms with Crippen LogP contribution < -0.4 is 10.6 Å². The van der Waals surface area contributed by atoms with Crippen LogP contribution in [0.25, 0.3) is 0 Å². The first kappa shape index (κ1) is 20.0. The number of benzene rings is 1. The molecule has 120 valence electrons. The lowest BCUT2D eigenvalue weighted by Gasteiger charge is -2.12. The van der Waals surface area contributed by atoms with Gasteiger partial charge in [0.25, 0.3) is 0 Å². The van der Waals surface area contributed by atoms with E-state index in [1.807, 2.05) is 6.92 Å². The normalized spacial score (nSPS) is 11.0. The van der Waals surface area contributed by atoms with Crippen molar-refractivity contribution < 1.29 is 13.5 Å². The van der Waals surface area contributed by atoms with Gasteiger partial charge in [-0.05, 0) is 25.5 Å². The molecule has 1 aromatic rings. The quantitative estimate of drug-likeness (QED) is 0.312. The summed E-state index contributed by atoms with van der Waals surface area (Å²) in [6.45, 7) is 4.20. The van der Waals surface area contributed by atoms with E-state index in [0.717, 1.165) is 0 Å². The Hall–Kier alpha value is -0.960. The van der Waals surface area contributed by atoms with E-state index in [2.05, 4.69) is 15.6 Å². The maximum atomic E-state index is 13.4. The maximum absolute atomic E-state index is 13.4. The molecule has 0 spiro atoms. The zero-order chi connectivity index (χ0) is 14.8. The van der Waals surface area contributed by atoms with Gasteiger partial charge in [-0.25, -0.2) is 8.78 Å². The smallest absolute Gasteiger partial charge is 0.191 e. The van der Waals surface area contributed by atoms with Crippen LogP contribution in [0.5, 0.6) is 0 Å². The molecule has 7 heteroatoms. The zero-order valence-corrected chi connectivity index (χ0v) is 14.6. The molecule has 0 fully saturated rings. The predicted molar refractivity (Wildman–Crippen MR) is 91.3 cm³/mol. The maximum Gasteiger partial charge on any atom is 0.191 e. The van der Waals surface area contributed by atoms with Crippen molar-refractivity contribution in [2.24, 2.45) is 4.99 Å².